The summed E-state index contributed by atoms with van der Waals surface area (Å²) in [6.07, 6.45) is 1.61. The number of nitrogens with zero attached hydrogens (tertiary/aromatic N) is 2. The standard InChI is InChI=1S/C18H23N3O3/c1-14(17-7-4-12-24-17)19-18(23)13-20-8-10-21(11-9-20)15-5-2-3-6-16(15)22/h2-7,12,14,22H,8-11,13H2,1H3,(H,19,23). The molecule has 128 valence electrons. The molecule has 2 N–H and O–H groups in total. The largest absolute Gasteiger partial charge is 0.506 e. The van der Waals surface area contributed by atoms with E-state index in [-0.39, 0.29) is 11.9 Å². The SMILES string of the molecule is CC(NC(=O)CN1CCN(c2ccccc2O)CC1)c1ccco1. The summed E-state index contributed by atoms with van der Waals surface area (Å²) in [5.74, 6) is 1.05. The Kier molecular flexibility index (Phi) is 5.05. The van der Waals surface area contributed by atoms with Crippen molar-refractivity contribution in [2.24, 2.45) is 0 Å². The molecule has 1 fully saturated rings. The van der Waals surface area contributed by atoms with E-state index in [9.17, 15) is 9.90 Å². The van der Waals surface area contributed by atoms with Gasteiger partial charge in [0.2, 0.25) is 5.91 Å². The van der Waals surface area contributed by atoms with Crippen LogP contribution in [0.1, 0.15) is 18.7 Å². The number of anilines is 1. The molecule has 0 radical (unpaired) electrons. The number of furan rings is 1. The molecule has 1 amide bonds. The van der Waals surface area contributed by atoms with Gasteiger partial charge in [-0.15, -0.1) is 0 Å². The molecule has 6 heteroatoms. The number of carbonyl (C=O) groups excluding carboxylic acids is 1. The third-order valence-corrected chi connectivity index (χ3v) is 4.31. The van der Waals surface area contributed by atoms with Crippen molar-refractivity contribution in [3.05, 3.63) is 48.4 Å². The number of aromatic hydroxyl groups is 1. The Morgan fingerprint density at radius 3 is 2.62 bits per heavy atom. The van der Waals surface area contributed by atoms with E-state index in [0.29, 0.717) is 12.3 Å². The third-order valence-electron chi connectivity index (χ3n) is 4.31. The predicted molar refractivity (Wildman–Crippen MR) is 92.0 cm³/mol. The highest BCUT2D eigenvalue weighted by atomic mass is 16.3. The highest BCUT2D eigenvalue weighted by Gasteiger charge is 2.21. The quantitative estimate of drug-likeness (QED) is 0.878. The molecule has 0 spiro atoms. The van der Waals surface area contributed by atoms with Gasteiger partial charge in [0.1, 0.15) is 11.5 Å². The van der Waals surface area contributed by atoms with Crippen molar-refractivity contribution in [3.63, 3.8) is 0 Å². The fourth-order valence-corrected chi connectivity index (χ4v) is 2.98. The zero-order valence-corrected chi connectivity index (χ0v) is 13.8. The van der Waals surface area contributed by atoms with Gasteiger partial charge in [0.15, 0.2) is 0 Å². The number of hydrogen-bond acceptors (Lipinski definition) is 5. The van der Waals surface area contributed by atoms with Crippen molar-refractivity contribution in [2.75, 3.05) is 37.6 Å². The van der Waals surface area contributed by atoms with Gasteiger partial charge >= 0.3 is 0 Å². The van der Waals surface area contributed by atoms with Crippen molar-refractivity contribution in [2.45, 2.75) is 13.0 Å². The average molecular weight is 329 g/mol. The molecule has 2 aromatic rings. The Morgan fingerprint density at radius 1 is 1.21 bits per heavy atom. The first-order valence-corrected chi connectivity index (χ1v) is 8.21. The number of benzene rings is 1. The van der Waals surface area contributed by atoms with Crippen LogP contribution < -0.4 is 10.2 Å². The van der Waals surface area contributed by atoms with Gasteiger partial charge in [-0.2, -0.15) is 0 Å². The fourth-order valence-electron chi connectivity index (χ4n) is 2.98. The first-order valence-electron chi connectivity index (χ1n) is 8.21. The minimum Gasteiger partial charge on any atom is -0.506 e. The zero-order valence-electron chi connectivity index (χ0n) is 13.8. The Bertz CT molecular complexity index is 664. The van der Waals surface area contributed by atoms with Gasteiger partial charge in [0.05, 0.1) is 24.5 Å². The van der Waals surface area contributed by atoms with E-state index in [4.69, 9.17) is 4.42 Å². The first kappa shape index (κ1) is 16.4. The van der Waals surface area contributed by atoms with Crippen LogP contribution in [0.4, 0.5) is 5.69 Å². The van der Waals surface area contributed by atoms with Crippen LogP contribution in [0.25, 0.3) is 0 Å². The van der Waals surface area contributed by atoms with E-state index in [1.54, 1.807) is 12.3 Å². The lowest BCUT2D eigenvalue weighted by atomic mass is 10.2. The van der Waals surface area contributed by atoms with Gasteiger partial charge in [-0.25, -0.2) is 0 Å². The molecule has 1 aliphatic rings. The van der Waals surface area contributed by atoms with Crippen LogP contribution in [-0.4, -0.2) is 48.6 Å². The van der Waals surface area contributed by atoms with Crippen molar-refractivity contribution < 1.29 is 14.3 Å². The predicted octanol–water partition coefficient (Wildman–Crippen LogP) is 1.98. The Labute approximate surface area is 141 Å². The normalized spacial score (nSPS) is 16.8. The van der Waals surface area contributed by atoms with Crippen LogP contribution in [0, 0.1) is 0 Å². The molecule has 24 heavy (non-hydrogen) atoms. The van der Waals surface area contributed by atoms with Crippen LogP contribution in [0.5, 0.6) is 5.75 Å². The average Bonchev–Trinajstić information content (AvgIpc) is 3.11. The smallest absolute Gasteiger partial charge is 0.234 e. The van der Waals surface area contributed by atoms with Crippen LogP contribution in [0.2, 0.25) is 0 Å². The molecule has 2 heterocycles. The number of rotatable bonds is 5. The van der Waals surface area contributed by atoms with Gasteiger partial charge in [0.25, 0.3) is 0 Å². The maximum Gasteiger partial charge on any atom is 0.234 e. The molecule has 1 aromatic carbocycles. The summed E-state index contributed by atoms with van der Waals surface area (Å²) < 4.78 is 5.30. The maximum absolute atomic E-state index is 12.2. The van der Waals surface area contributed by atoms with E-state index in [0.717, 1.165) is 37.6 Å². The second-order valence-electron chi connectivity index (χ2n) is 6.06. The number of carbonyl (C=O) groups is 1. The molecule has 0 aliphatic carbocycles. The molecule has 1 aliphatic heterocycles. The van der Waals surface area contributed by atoms with Gasteiger partial charge in [-0.3, -0.25) is 9.69 Å². The Hall–Kier alpha value is -2.47. The summed E-state index contributed by atoms with van der Waals surface area (Å²) in [5.41, 5.74) is 0.855. The summed E-state index contributed by atoms with van der Waals surface area (Å²) in [5, 5.41) is 12.9. The summed E-state index contributed by atoms with van der Waals surface area (Å²) in [7, 11) is 0. The summed E-state index contributed by atoms with van der Waals surface area (Å²) in [4.78, 5) is 16.4. The van der Waals surface area contributed by atoms with E-state index < -0.39 is 0 Å². The minimum absolute atomic E-state index is 0.00471. The summed E-state index contributed by atoms with van der Waals surface area (Å²) in [6, 6.07) is 10.9. The minimum atomic E-state index is -0.130. The lowest BCUT2D eigenvalue weighted by Crippen LogP contribution is -2.49. The number of para-hydroxylation sites is 2. The molecule has 1 atom stereocenters. The molecule has 1 unspecified atom stereocenters. The van der Waals surface area contributed by atoms with Crippen molar-refractivity contribution in [3.8, 4) is 5.75 Å². The molecular formula is C18H23N3O3. The van der Waals surface area contributed by atoms with Crippen molar-refractivity contribution in [1.82, 2.24) is 10.2 Å². The van der Waals surface area contributed by atoms with E-state index in [1.165, 1.54) is 0 Å². The van der Waals surface area contributed by atoms with E-state index >= 15 is 0 Å². The Morgan fingerprint density at radius 2 is 1.96 bits per heavy atom. The van der Waals surface area contributed by atoms with Crippen LogP contribution >= 0.6 is 0 Å². The molecular weight excluding hydrogens is 306 g/mol. The topological polar surface area (TPSA) is 69.0 Å². The Balaban J connectivity index is 1.47. The highest BCUT2D eigenvalue weighted by Crippen LogP contribution is 2.27. The number of amides is 1. The zero-order chi connectivity index (χ0) is 16.9. The van der Waals surface area contributed by atoms with E-state index in [2.05, 4.69) is 15.1 Å². The van der Waals surface area contributed by atoms with Gasteiger partial charge in [-0.1, -0.05) is 12.1 Å². The number of phenolic OH excluding ortho intramolecular Hbond substituents is 1. The maximum atomic E-state index is 12.2. The van der Waals surface area contributed by atoms with Crippen molar-refractivity contribution in [1.29, 1.82) is 0 Å². The van der Waals surface area contributed by atoms with Crippen LogP contribution in [0.3, 0.4) is 0 Å². The number of phenols is 1. The monoisotopic (exact) mass is 329 g/mol. The first-order chi connectivity index (χ1) is 11.6. The highest BCUT2D eigenvalue weighted by molar-refractivity contribution is 5.78. The van der Waals surface area contributed by atoms with Crippen LogP contribution in [0.15, 0.2) is 47.1 Å². The molecule has 0 saturated carbocycles. The van der Waals surface area contributed by atoms with Crippen molar-refractivity contribution >= 4 is 11.6 Å². The third kappa shape index (κ3) is 3.89. The fraction of sp³-hybridized carbons (Fsp3) is 0.389. The molecule has 6 nitrogen and oxygen atoms in total. The number of hydrogen-bond donors (Lipinski definition) is 2. The lowest BCUT2D eigenvalue weighted by Gasteiger charge is -2.36. The van der Waals surface area contributed by atoms with Crippen LogP contribution in [-0.2, 0) is 4.79 Å². The number of piperazine rings is 1. The van der Waals surface area contributed by atoms with Gasteiger partial charge in [-0.05, 0) is 31.2 Å². The number of nitrogens with one attached hydrogen (secondary N) is 1. The summed E-state index contributed by atoms with van der Waals surface area (Å²) in [6.45, 7) is 5.44. The molecule has 1 aromatic heterocycles. The summed E-state index contributed by atoms with van der Waals surface area (Å²) >= 11 is 0. The molecule has 0 bridgehead atoms. The van der Waals surface area contributed by atoms with Gasteiger partial charge in [0, 0.05) is 26.2 Å². The second-order valence-corrected chi connectivity index (χ2v) is 6.06. The molecule has 3 rings (SSSR count). The van der Waals surface area contributed by atoms with E-state index in [1.807, 2.05) is 37.3 Å². The second kappa shape index (κ2) is 7.40. The molecule has 1 saturated heterocycles. The lowest BCUT2D eigenvalue weighted by molar-refractivity contribution is -0.123. The van der Waals surface area contributed by atoms with Gasteiger partial charge < -0.3 is 19.7 Å².